The highest BCUT2D eigenvalue weighted by Gasteiger charge is 2.22. The Morgan fingerprint density at radius 1 is 1.21 bits per heavy atom. The number of fused-ring (bicyclic) bond motifs is 1. The summed E-state index contributed by atoms with van der Waals surface area (Å²) in [5.41, 5.74) is 2.15. The number of para-hydroxylation sites is 1. The van der Waals surface area contributed by atoms with E-state index in [2.05, 4.69) is 30.8 Å². The molecule has 1 saturated heterocycles. The molecule has 0 bridgehead atoms. The Hall–Kier alpha value is -2.41. The van der Waals surface area contributed by atoms with E-state index < -0.39 is 0 Å². The van der Waals surface area contributed by atoms with Crippen molar-refractivity contribution in [2.24, 2.45) is 5.92 Å². The number of methoxy groups -OCH3 is 1. The van der Waals surface area contributed by atoms with Crippen LogP contribution in [0, 0.1) is 11.7 Å². The summed E-state index contributed by atoms with van der Waals surface area (Å²) >= 11 is 3.31. The molecule has 4 rings (SSSR count). The van der Waals surface area contributed by atoms with Gasteiger partial charge in [0.1, 0.15) is 17.1 Å². The maximum absolute atomic E-state index is 14.2. The van der Waals surface area contributed by atoms with Crippen LogP contribution in [0.25, 0.3) is 11.0 Å². The number of nitrogens with zero attached hydrogens (tertiary/aromatic N) is 3. The Balaban J connectivity index is 1.37. The lowest BCUT2D eigenvalue weighted by Crippen LogP contribution is -2.36. The molecule has 0 saturated carbocycles. The van der Waals surface area contributed by atoms with Crippen LogP contribution in [-0.4, -0.2) is 36.8 Å². The SMILES string of the molecule is COc1cnc2c(OCC3CCN(c4ccc(Br)cc4F)CC3)cccc2n1. The molecule has 1 aliphatic heterocycles. The number of aromatic nitrogens is 2. The molecule has 28 heavy (non-hydrogen) atoms. The third kappa shape index (κ3) is 4.04. The molecule has 0 N–H and O–H groups in total. The molecular weight excluding hydrogens is 425 g/mol. The van der Waals surface area contributed by atoms with Crippen molar-refractivity contribution in [1.29, 1.82) is 0 Å². The van der Waals surface area contributed by atoms with Crippen LogP contribution in [0.15, 0.2) is 47.1 Å². The largest absolute Gasteiger partial charge is 0.491 e. The summed E-state index contributed by atoms with van der Waals surface area (Å²) in [6.07, 6.45) is 3.51. The van der Waals surface area contributed by atoms with E-state index in [0.29, 0.717) is 24.1 Å². The van der Waals surface area contributed by atoms with Gasteiger partial charge in [0.05, 0.1) is 31.1 Å². The predicted octanol–water partition coefficient (Wildman–Crippen LogP) is 4.84. The predicted molar refractivity (Wildman–Crippen MR) is 111 cm³/mol. The van der Waals surface area contributed by atoms with Gasteiger partial charge in [0.25, 0.3) is 0 Å². The minimum absolute atomic E-state index is 0.186. The molecule has 0 unspecified atom stereocenters. The first-order chi connectivity index (χ1) is 13.6. The number of halogens is 2. The fourth-order valence-electron chi connectivity index (χ4n) is 3.50. The van der Waals surface area contributed by atoms with E-state index in [1.165, 1.54) is 6.07 Å². The summed E-state index contributed by atoms with van der Waals surface area (Å²) in [6, 6.07) is 10.9. The molecule has 2 aromatic carbocycles. The van der Waals surface area contributed by atoms with Gasteiger partial charge in [0, 0.05) is 17.6 Å². The Kier molecular flexibility index (Phi) is 5.62. The second kappa shape index (κ2) is 8.31. The number of rotatable bonds is 5. The molecular formula is C21H21BrFN3O2. The van der Waals surface area contributed by atoms with Gasteiger partial charge in [-0.25, -0.2) is 14.4 Å². The Bertz CT molecular complexity index is 977. The van der Waals surface area contributed by atoms with Crippen molar-refractivity contribution in [2.75, 3.05) is 31.7 Å². The summed E-state index contributed by atoms with van der Waals surface area (Å²) < 4.78 is 26.1. The quantitative estimate of drug-likeness (QED) is 0.562. The topological polar surface area (TPSA) is 47.5 Å². The third-order valence-corrected chi connectivity index (χ3v) is 5.55. The highest BCUT2D eigenvalue weighted by atomic mass is 79.9. The van der Waals surface area contributed by atoms with Gasteiger partial charge < -0.3 is 14.4 Å². The molecule has 0 atom stereocenters. The zero-order chi connectivity index (χ0) is 19.5. The minimum Gasteiger partial charge on any atom is -0.491 e. The zero-order valence-electron chi connectivity index (χ0n) is 15.6. The molecule has 146 valence electrons. The van der Waals surface area contributed by atoms with Crippen LogP contribution in [0.2, 0.25) is 0 Å². The molecule has 1 aliphatic rings. The zero-order valence-corrected chi connectivity index (χ0v) is 17.2. The van der Waals surface area contributed by atoms with E-state index in [-0.39, 0.29) is 5.82 Å². The molecule has 0 aliphatic carbocycles. The summed E-state index contributed by atoms with van der Waals surface area (Å²) in [5.74, 6) is 1.45. The van der Waals surface area contributed by atoms with E-state index in [0.717, 1.165) is 47.2 Å². The molecule has 7 heteroatoms. The summed E-state index contributed by atoms with van der Waals surface area (Å²) in [6.45, 7) is 2.25. The molecule has 0 amide bonds. The number of ether oxygens (including phenoxy) is 2. The van der Waals surface area contributed by atoms with Gasteiger partial charge in [-0.15, -0.1) is 0 Å². The van der Waals surface area contributed by atoms with Gasteiger partial charge in [-0.05, 0) is 49.1 Å². The van der Waals surface area contributed by atoms with Gasteiger partial charge in [-0.2, -0.15) is 0 Å². The first kappa shape index (κ1) is 18.9. The van der Waals surface area contributed by atoms with Crippen LogP contribution < -0.4 is 14.4 Å². The fraction of sp³-hybridized carbons (Fsp3) is 0.333. The minimum atomic E-state index is -0.186. The van der Waals surface area contributed by atoms with Gasteiger partial charge >= 0.3 is 0 Å². The van der Waals surface area contributed by atoms with Crippen LogP contribution in [0.4, 0.5) is 10.1 Å². The molecule has 0 spiro atoms. The average molecular weight is 446 g/mol. The highest BCUT2D eigenvalue weighted by molar-refractivity contribution is 9.10. The van der Waals surface area contributed by atoms with Crippen molar-refractivity contribution in [3.05, 3.63) is 52.9 Å². The number of anilines is 1. The first-order valence-electron chi connectivity index (χ1n) is 9.26. The monoisotopic (exact) mass is 445 g/mol. The average Bonchev–Trinajstić information content (AvgIpc) is 2.72. The highest BCUT2D eigenvalue weighted by Crippen LogP contribution is 2.29. The summed E-state index contributed by atoms with van der Waals surface area (Å²) in [7, 11) is 1.57. The standard InChI is InChI=1S/C21H21BrFN3O2/c1-27-20-12-24-21-17(25-20)3-2-4-19(21)28-13-14-7-9-26(10-8-14)18-6-5-15(22)11-16(18)23/h2-6,11-12,14H,7-10,13H2,1H3. The Labute approximate surface area is 171 Å². The summed E-state index contributed by atoms with van der Waals surface area (Å²) in [5, 5.41) is 0. The number of hydrogen-bond acceptors (Lipinski definition) is 5. The van der Waals surface area contributed by atoms with Crippen molar-refractivity contribution >= 4 is 32.7 Å². The van der Waals surface area contributed by atoms with Crippen LogP contribution in [0.5, 0.6) is 11.6 Å². The third-order valence-electron chi connectivity index (χ3n) is 5.06. The van der Waals surface area contributed by atoms with Crippen molar-refractivity contribution in [3.63, 3.8) is 0 Å². The van der Waals surface area contributed by atoms with Gasteiger partial charge in [-0.1, -0.05) is 22.0 Å². The van der Waals surface area contributed by atoms with Gasteiger partial charge in [-0.3, -0.25) is 0 Å². The molecule has 1 fully saturated rings. The van der Waals surface area contributed by atoms with E-state index >= 15 is 0 Å². The molecule has 5 nitrogen and oxygen atoms in total. The van der Waals surface area contributed by atoms with E-state index in [9.17, 15) is 4.39 Å². The lowest BCUT2D eigenvalue weighted by molar-refractivity contribution is 0.224. The van der Waals surface area contributed by atoms with Crippen LogP contribution in [0.3, 0.4) is 0 Å². The Morgan fingerprint density at radius 2 is 2.04 bits per heavy atom. The number of benzene rings is 2. The normalized spacial score (nSPS) is 15.0. The van der Waals surface area contributed by atoms with Crippen LogP contribution >= 0.6 is 15.9 Å². The first-order valence-corrected chi connectivity index (χ1v) is 10.1. The fourth-order valence-corrected chi connectivity index (χ4v) is 3.83. The molecule has 3 aromatic rings. The van der Waals surface area contributed by atoms with Crippen LogP contribution in [-0.2, 0) is 0 Å². The lowest BCUT2D eigenvalue weighted by Gasteiger charge is -2.33. The summed E-state index contributed by atoms with van der Waals surface area (Å²) in [4.78, 5) is 10.9. The second-order valence-corrected chi connectivity index (χ2v) is 7.79. The second-order valence-electron chi connectivity index (χ2n) is 6.87. The van der Waals surface area contributed by atoms with Gasteiger partial charge in [0.15, 0.2) is 0 Å². The number of hydrogen-bond donors (Lipinski definition) is 0. The van der Waals surface area contributed by atoms with Crippen molar-refractivity contribution < 1.29 is 13.9 Å². The van der Waals surface area contributed by atoms with Crippen molar-refractivity contribution in [3.8, 4) is 11.6 Å². The van der Waals surface area contributed by atoms with Gasteiger partial charge in [0.2, 0.25) is 5.88 Å². The molecule has 2 heterocycles. The number of piperidine rings is 1. The van der Waals surface area contributed by atoms with Crippen molar-refractivity contribution in [1.82, 2.24) is 9.97 Å². The van der Waals surface area contributed by atoms with E-state index in [1.807, 2.05) is 30.3 Å². The molecule has 1 aromatic heterocycles. The molecule has 0 radical (unpaired) electrons. The van der Waals surface area contributed by atoms with E-state index in [1.54, 1.807) is 13.3 Å². The van der Waals surface area contributed by atoms with Crippen LogP contribution in [0.1, 0.15) is 12.8 Å². The maximum Gasteiger partial charge on any atom is 0.232 e. The van der Waals surface area contributed by atoms with Crippen molar-refractivity contribution in [2.45, 2.75) is 12.8 Å². The lowest BCUT2D eigenvalue weighted by atomic mass is 9.97. The smallest absolute Gasteiger partial charge is 0.232 e. The maximum atomic E-state index is 14.2. The van der Waals surface area contributed by atoms with E-state index in [4.69, 9.17) is 9.47 Å². The Morgan fingerprint density at radius 3 is 2.79 bits per heavy atom.